The largest absolute Gasteiger partial charge is 0.338 e. The predicted octanol–water partition coefficient (Wildman–Crippen LogP) is 4.63. The number of anilines is 1. The van der Waals surface area contributed by atoms with Crippen molar-refractivity contribution < 1.29 is 0 Å². The van der Waals surface area contributed by atoms with Crippen molar-refractivity contribution in [3.8, 4) is 22.4 Å². The van der Waals surface area contributed by atoms with Crippen LogP contribution in [0.15, 0.2) is 71.8 Å². The lowest BCUT2D eigenvalue weighted by molar-refractivity contribution is 0.517. The molecule has 6 nitrogen and oxygen atoms in total. The molecule has 1 atom stereocenters. The summed E-state index contributed by atoms with van der Waals surface area (Å²) >= 11 is 0. The van der Waals surface area contributed by atoms with Gasteiger partial charge in [-0.25, -0.2) is 4.98 Å². The summed E-state index contributed by atoms with van der Waals surface area (Å²) in [6.07, 6.45) is 5.69. The second kappa shape index (κ2) is 9.39. The van der Waals surface area contributed by atoms with Crippen LogP contribution in [0.4, 0.5) is 5.95 Å². The zero-order valence-electron chi connectivity index (χ0n) is 20.0. The maximum absolute atomic E-state index is 13.9. The molecule has 1 saturated heterocycles. The van der Waals surface area contributed by atoms with E-state index < -0.39 is 0 Å². The third kappa shape index (κ3) is 4.21. The average molecular weight is 454 g/mol. The minimum atomic E-state index is -0.0328. The maximum Gasteiger partial charge on any atom is 0.263 e. The van der Waals surface area contributed by atoms with Gasteiger partial charge in [-0.3, -0.25) is 14.3 Å². The van der Waals surface area contributed by atoms with E-state index >= 15 is 0 Å². The molecule has 6 heteroatoms. The van der Waals surface area contributed by atoms with Gasteiger partial charge in [0.25, 0.3) is 5.56 Å². The first-order chi connectivity index (χ1) is 16.5. The van der Waals surface area contributed by atoms with Gasteiger partial charge in [-0.15, -0.1) is 0 Å². The molecule has 0 radical (unpaired) electrons. The number of rotatable bonds is 6. The number of benzene rings is 2. The van der Waals surface area contributed by atoms with E-state index in [1.165, 1.54) is 0 Å². The van der Waals surface area contributed by atoms with E-state index in [0.29, 0.717) is 23.3 Å². The molecule has 1 aliphatic heterocycles. The van der Waals surface area contributed by atoms with E-state index in [1.54, 1.807) is 17.0 Å². The fourth-order valence-electron chi connectivity index (χ4n) is 4.85. The lowest BCUT2D eigenvalue weighted by atomic mass is 9.98. The molecule has 1 fully saturated rings. The molecule has 34 heavy (non-hydrogen) atoms. The summed E-state index contributed by atoms with van der Waals surface area (Å²) in [5.41, 5.74) is 3.07. The van der Waals surface area contributed by atoms with Gasteiger partial charge in [0.05, 0.1) is 11.3 Å². The van der Waals surface area contributed by atoms with Crippen molar-refractivity contribution in [3.05, 3.63) is 77.3 Å². The second-order valence-electron chi connectivity index (χ2n) is 9.35. The molecular formula is C28H31N5O. The number of hydrogen-bond donors (Lipinski definition) is 1. The molecular weight excluding hydrogens is 422 g/mol. The molecule has 0 bridgehead atoms. The minimum absolute atomic E-state index is 0.0328. The number of hydrogen-bond acceptors (Lipinski definition) is 5. The molecule has 1 unspecified atom stereocenters. The molecule has 1 N–H and O–H groups in total. The zero-order valence-corrected chi connectivity index (χ0v) is 20.0. The highest BCUT2D eigenvalue weighted by Gasteiger charge is 2.29. The third-order valence-electron chi connectivity index (χ3n) is 6.65. The van der Waals surface area contributed by atoms with Gasteiger partial charge in [-0.05, 0) is 47.4 Å². The lowest BCUT2D eigenvalue weighted by Crippen LogP contribution is -2.43. The molecule has 1 aliphatic rings. The van der Waals surface area contributed by atoms with Crippen molar-refractivity contribution in [1.82, 2.24) is 19.9 Å². The Morgan fingerprint density at radius 1 is 1.03 bits per heavy atom. The molecule has 0 saturated carbocycles. The molecule has 5 rings (SSSR count). The first-order valence-electron chi connectivity index (χ1n) is 12.0. The van der Waals surface area contributed by atoms with Crippen molar-refractivity contribution in [1.29, 1.82) is 0 Å². The van der Waals surface area contributed by atoms with Crippen LogP contribution in [0.25, 0.3) is 33.2 Å². The van der Waals surface area contributed by atoms with E-state index in [-0.39, 0.29) is 5.56 Å². The van der Waals surface area contributed by atoms with Crippen LogP contribution in [0.5, 0.6) is 0 Å². The minimum Gasteiger partial charge on any atom is -0.338 e. The van der Waals surface area contributed by atoms with Gasteiger partial charge >= 0.3 is 0 Å². The molecule has 4 aromatic rings. The normalized spacial score (nSPS) is 16.0. The van der Waals surface area contributed by atoms with Gasteiger partial charge in [-0.1, -0.05) is 50.2 Å². The Hall–Kier alpha value is -3.51. The maximum atomic E-state index is 13.9. The van der Waals surface area contributed by atoms with E-state index in [4.69, 9.17) is 4.98 Å². The molecule has 2 aromatic carbocycles. The van der Waals surface area contributed by atoms with Crippen molar-refractivity contribution in [3.63, 3.8) is 0 Å². The quantitative estimate of drug-likeness (QED) is 0.461. The van der Waals surface area contributed by atoms with Crippen LogP contribution in [-0.4, -0.2) is 39.7 Å². The number of nitrogens with one attached hydrogen (secondary N) is 1. The number of aromatic nitrogens is 3. The van der Waals surface area contributed by atoms with Crippen LogP contribution in [0, 0.1) is 0 Å². The van der Waals surface area contributed by atoms with Crippen LogP contribution in [0.1, 0.15) is 26.7 Å². The molecule has 174 valence electrons. The van der Waals surface area contributed by atoms with Gasteiger partial charge in [0.2, 0.25) is 5.95 Å². The predicted molar refractivity (Wildman–Crippen MR) is 139 cm³/mol. The fraction of sp³-hybridized carbons (Fsp3) is 0.321. The number of fused-ring (bicyclic) bond motifs is 1. The Kier molecular flexibility index (Phi) is 6.16. The van der Waals surface area contributed by atoms with Crippen molar-refractivity contribution in [2.75, 3.05) is 18.0 Å². The Bertz CT molecular complexity index is 1360. The summed E-state index contributed by atoms with van der Waals surface area (Å²) < 4.78 is 1.73. The van der Waals surface area contributed by atoms with Crippen LogP contribution >= 0.6 is 0 Å². The molecule has 3 heterocycles. The first-order valence-corrected chi connectivity index (χ1v) is 12.0. The third-order valence-corrected chi connectivity index (χ3v) is 6.65. The van der Waals surface area contributed by atoms with Crippen LogP contribution < -0.4 is 15.8 Å². The highest BCUT2D eigenvalue weighted by atomic mass is 16.1. The molecule has 2 aromatic heterocycles. The van der Waals surface area contributed by atoms with E-state index in [0.717, 1.165) is 53.8 Å². The summed E-state index contributed by atoms with van der Waals surface area (Å²) in [4.78, 5) is 25.5. The van der Waals surface area contributed by atoms with E-state index in [1.807, 2.05) is 37.4 Å². The van der Waals surface area contributed by atoms with Crippen molar-refractivity contribution in [2.45, 2.75) is 38.8 Å². The highest BCUT2D eigenvalue weighted by molar-refractivity contribution is 5.90. The van der Waals surface area contributed by atoms with Gasteiger partial charge < -0.3 is 10.2 Å². The van der Waals surface area contributed by atoms with Gasteiger partial charge in [0, 0.05) is 50.2 Å². The standard InChI is InChI=1S/C28H31N5O/c1-19(2)30-18-24-9-6-16-33(24)28-31-26(21-12-14-29-15-13-21)25(27(34)32(28)3)23-11-10-20-7-4-5-8-22(20)17-23/h4-5,7-8,10-15,17,19,24,30H,6,9,16,18H2,1-3H3. The van der Waals surface area contributed by atoms with Gasteiger partial charge in [-0.2, -0.15) is 0 Å². The Balaban J connectivity index is 1.68. The van der Waals surface area contributed by atoms with Crippen LogP contribution in [-0.2, 0) is 7.05 Å². The van der Waals surface area contributed by atoms with Gasteiger partial charge in [0.1, 0.15) is 0 Å². The number of pyridine rings is 1. The SMILES string of the molecule is CC(C)NCC1CCCN1c1nc(-c2ccncc2)c(-c2ccc3ccccc3c2)c(=O)n1C. The lowest BCUT2D eigenvalue weighted by Gasteiger charge is -2.29. The number of nitrogens with zero attached hydrogens (tertiary/aromatic N) is 4. The smallest absolute Gasteiger partial charge is 0.263 e. The summed E-state index contributed by atoms with van der Waals surface area (Å²) in [6.45, 7) is 6.10. The van der Waals surface area contributed by atoms with E-state index in [2.05, 4.69) is 53.3 Å². The van der Waals surface area contributed by atoms with Crippen LogP contribution in [0.3, 0.4) is 0 Å². The zero-order chi connectivity index (χ0) is 23.7. The fourth-order valence-corrected chi connectivity index (χ4v) is 4.85. The molecule has 0 spiro atoms. The van der Waals surface area contributed by atoms with E-state index in [9.17, 15) is 4.79 Å². The molecule has 0 aliphatic carbocycles. The average Bonchev–Trinajstić information content (AvgIpc) is 3.33. The highest BCUT2D eigenvalue weighted by Crippen LogP contribution is 2.32. The monoisotopic (exact) mass is 453 g/mol. The summed E-state index contributed by atoms with van der Waals surface area (Å²) in [7, 11) is 1.84. The Morgan fingerprint density at radius 2 is 1.79 bits per heavy atom. The Labute approximate surface area is 200 Å². The van der Waals surface area contributed by atoms with Crippen molar-refractivity contribution >= 4 is 16.7 Å². The Morgan fingerprint density at radius 3 is 2.56 bits per heavy atom. The van der Waals surface area contributed by atoms with Gasteiger partial charge in [0.15, 0.2) is 0 Å². The summed E-state index contributed by atoms with van der Waals surface area (Å²) in [5.74, 6) is 0.731. The first kappa shape index (κ1) is 22.3. The second-order valence-corrected chi connectivity index (χ2v) is 9.35. The van der Waals surface area contributed by atoms with Crippen molar-refractivity contribution in [2.24, 2.45) is 7.05 Å². The summed E-state index contributed by atoms with van der Waals surface area (Å²) in [6, 6.07) is 19.0. The van der Waals surface area contributed by atoms with Crippen LogP contribution in [0.2, 0.25) is 0 Å². The summed E-state index contributed by atoms with van der Waals surface area (Å²) in [5, 5.41) is 5.81. The molecule has 0 amide bonds. The topological polar surface area (TPSA) is 63.0 Å².